The van der Waals surface area contributed by atoms with E-state index in [0.717, 1.165) is 0 Å². The van der Waals surface area contributed by atoms with Crippen molar-refractivity contribution in [2.24, 2.45) is 11.7 Å². The number of nitrogens with one attached hydrogen (secondary N) is 1. The van der Waals surface area contributed by atoms with Crippen molar-refractivity contribution in [2.75, 3.05) is 31.5 Å². The summed E-state index contributed by atoms with van der Waals surface area (Å²) in [4.78, 5) is 28.5. The quantitative estimate of drug-likeness (QED) is 0.761. The van der Waals surface area contributed by atoms with Gasteiger partial charge in [0.05, 0.1) is 12.0 Å². The second-order valence-corrected chi connectivity index (χ2v) is 6.68. The van der Waals surface area contributed by atoms with Crippen molar-refractivity contribution >= 4 is 42.3 Å². The number of rotatable bonds is 5. The van der Waals surface area contributed by atoms with E-state index in [0.29, 0.717) is 31.9 Å². The molecule has 3 unspecified atom stereocenters. The summed E-state index contributed by atoms with van der Waals surface area (Å²) >= 11 is 0. The summed E-state index contributed by atoms with van der Waals surface area (Å²) in [7, 11) is 0. The molecule has 1 saturated heterocycles. The minimum absolute atomic E-state index is 0. The topological polar surface area (TPSA) is 78.7 Å². The van der Waals surface area contributed by atoms with E-state index in [1.165, 1.54) is 12.1 Å². The third kappa shape index (κ3) is 6.92. The zero-order valence-electron chi connectivity index (χ0n) is 15.9. The molecule has 0 aliphatic carbocycles. The number of hydrogen-bond donors (Lipinski definition) is 2. The maximum absolute atomic E-state index is 13.2. The zero-order valence-corrected chi connectivity index (χ0v) is 17.5. The minimum atomic E-state index is -0.388. The maximum Gasteiger partial charge on any atom is 0.241 e. The molecule has 1 aliphatic heterocycles. The lowest BCUT2D eigenvalue weighted by atomic mass is 10.0. The van der Waals surface area contributed by atoms with Crippen LogP contribution in [0.3, 0.4) is 0 Å². The fourth-order valence-corrected chi connectivity index (χ4v) is 2.82. The van der Waals surface area contributed by atoms with Gasteiger partial charge in [0.2, 0.25) is 11.8 Å². The van der Waals surface area contributed by atoms with Gasteiger partial charge in [0.15, 0.2) is 0 Å². The van der Waals surface area contributed by atoms with E-state index in [9.17, 15) is 14.0 Å². The van der Waals surface area contributed by atoms with Crippen LogP contribution in [0.25, 0.3) is 0 Å². The normalized spacial score (nSPS) is 17.7. The number of carbonyl (C=O) groups is 2. The maximum atomic E-state index is 13.2. The first-order valence-electron chi connectivity index (χ1n) is 8.64. The van der Waals surface area contributed by atoms with Crippen LogP contribution in [0.15, 0.2) is 24.3 Å². The lowest BCUT2D eigenvalue weighted by Gasteiger charge is -2.38. The summed E-state index contributed by atoms with van der Waals surface area (Å²) < 4.78 is 13.2. The predicted octanol–water partition coefficient (Wildman–Crippen LogP) is 2.12. The molecule has 154 valence electrons. The number of anilines is 1. The highest BCUT2D eigenvalue weighted by Crippen LogP contribution is 2.14. The summed E-state index contributed by atoms with van der Waals surface area (Å²) in [5, 5.41) is 2.73. The molecule has 0 spiro atoms. The fraction of sp³-hybridized carbons (Fsp3) is 0.556. The van der Waals surface area contributed by atoms with Crippen molar-refractivity contribution in [2.45, 2.75) is 32.9 Å². The van der Waals surface area contributed by atoms with Crippen molar-refractivity contribution in [1.82, 2.24) is 9.80 Å². The SMILES string of the molecule is CC(N)C(C)C(=O)N1CCN(C(C)C(=O)Nc2cccc(F)c2)CC1.Cl.Cl. The van der Waals surface area contributed by atoms with Crippen molar-refractivity contribution in [3.63, 3.8) is 0 Å². The van der Waals surface area contributed by atoms with Crippen LogP contribution in [0, 0.1) is 11.7 Å². The number of hydrogen-bond acceptors (Lipinski definition) is 4. The minimum Gasteiger partial charge on any atom is -0.340 e. The largest absolute Gasteiger partial charge is 0.340 e. The average molecular weight is 423 g/mol. The van der Waals surface area contributed by atoms with E-state index in [2.05, 4.69) is 5.32 Å². The van der Waals surface area contributed by atoms with Crippen LogP contribution in [0.4, 0.5) is 10.1 Å². The molecular weight excluding hydrogens is 394 g/mol. The Balaban J connectivity index is 0.00000338. The molecule has 9 heteroatoms. The van der Waals surface area contributed by atoms with Crippen molar-refractivity contribution in [1.29, 1.82) is 0 Å². The van der Waals surface area contributed by atoms with Gasteiger partial charge in [-0.25, -0.2) is 4.39 Å². The molecular formula is C18H29Cl2FN4O2. The molecule has 2 rings (SSSR count). The Labute approximate surface area is 172 Å². The Bertz CT molecular complexity index is 625. The second-order valence-electron chi connectivity index (χ2n) is 6.68. The Morgan fingerprint density at radius 1 is 1.11 bits per heavy atom. The number of halogens is 3. The highest BCUT2D eigenvalue weighted by atomic mass is 35.5. The van der Waals surface area contributed by atoms with Crippen molar-refractivity contribution in [3.05, 3.63) is 30.1 Å². The van der Waals surface area contributed by atoms with Gasteiger partial charge in [0, 0.05) is 37.9 Å². The van der Waals surface area contributed by atoms with Gasteiger partial charge in [0.1, 0.15) is 5.82 Å². The van der Waals surface area contributed by atoms with Crippen molar-refractivity contribution in [3.8, 4) is 0 Å². The first kappa shape index (κ1) is 25.6. The Morgan fingerprint density at radius 3 is 2.22 bits per heavy atom. The molecule has 3 N–H and O–H groups in total. The van der Waals surface area contributed by atoms with E-state index in [-0.39, 0.29) is 60.4 Å². The van der Waals surface area contributed by atoms with E-state index in [1.807, 2.05) is 30.6 Å². The van der Waals surface area contributed by atoms with Gasteiger partial charge >= 0.3 is 0 Å². The Hall–Kier alpha value is -1.41. The predicted molar refractivity (Wildman–Crippen MR) is 110 cm³/mol. The first-order valence-corrected chi connectivity index (χ1v) is 8.64. The zero-order chi connectivity index (χ0) is 18.6. The van der Waals surface area contributed by atoms with Gasteiger partial charge < -0.3 is 16.0 Å². The highest BCUT2D eigenvalue weighted by molar-refractivity contribution is 5.94. The number of nitrogens with two attached hydrogens (primary N) is 1. The Kier molecular flexibility index (Phi) is 10.8. The first-order chi connectivity index (χ1) is 11.8. The van der Waals surface area contributed by atoms with Gasteiger partial charge in [0.25, 0.3) is 0 Å². The molecule has 0 aromatic heterocycles. The van der Waals surface area contributed by atoms with Crippen LogP contribution in [-0.2, 0) is 9.59 Å². The van der Waals surface area contributed by atoms with E-state index in [4.69, 9.17) is 5.73 Å². The molecule has 0 saturated carbocycles. The van der Waals surface area contributed by atoms with Crippen molar-refractivity contribution < 1.29 is 14.0 Å². The van der Waals surface area contributed by atoms with Crippen LogP contribution in [0.2, 0.25) is 0 Å². The molecule has 1 aromatic carbocycles. The molecule has 1 heterocycles. The van der Waals surface area contributed by atoms with Gasteiger partial charge in [-0.3, -0.25) is 14.5 Å². The molecule has 0 bridgehead atoms. The van der Waals surface area contributed by atoms with Gasteiger partial charge in [-0.05, 0) is 32.0 Å². The molecule has 1 fully saturated rings. The molecule has 1 aromatic rings. The van der Waals surface area contributed by atoms with E-state index >= 15 is 0 Å². The number of amides is 2. The molecule has 2 amide bonds. The summed E-state index contributed by atoms with van der Waals surface area (Å²) in [6.45, 7) is 7.88. The highest BCUT2D eigenvalue weighted by Gasteiger charge is 2.30. The summed E-state index contributed by atoms with van der Waals surface area (Å²) in [6.07, 6.45) is 0. The summed E-state index contributed by atoms with van der Waals surface area (Å²) in [6, 6.07) is 5.29. The lowest BCUT2D eigenvalue weighted by molar-refractivity contribution is -0.137. The lowest BCUT2D eigenvalue weighted by Crippen LogP contribution is -2.55. The van der Waals surface area contributed by atoms with Gasteiger partial charge in [-0.2, -0.15) is 0 Å². The third-order valence-corrected chi connectivity index (χ3v) is 4.82. The second kappa shape index (κ2) is 11.4. The van der Waals surface area contributed by atoms with E-state index in [1.54, 1.807) is 12.1 Å². The van der Waals surface area contributed by atoms with Crippen LogP contribution in [0.1, 0.15) is 20.8 Å². The number of piperazine rings is 1. The molecule has 3 atom stereocenters. The van der Waals surface area contributed by atoms with Crippen LogP contribution < -0.4 is 11.1 Å². The number of benzene rings is 1. The standard InChI is InChI=1S/C18H27FN4O2.2ClH/c1-12(13(2)20)18(25)23-9-7-22(8-10-23)14(3)17(24)21-16-6-4-5-15(19)11-16;;/h4-6,11-14H,7-10,20H2,1-3H3,(H,21,24);2*1H. The third-order valence-electron chi connectivity index (χ3n) is 4.82. The summed E-state index contributed by atoms with van der Waals surface area (Å²) in [5.74, 6) is -0.720. The van der Waals surface area contributed by atoms with Crippen LogP contribution in [0.5, 0.6) is 0 Å². The molecule has 6 nitrogen and oxygen atoms in total. The van der Waals surface area contributed by atoms with Crippen LogP contribution >= 0.6 is 24.8 Å². The average Bonchev–Trinajstić information content (AvgIpc) is 2.59. The fourth-order valence-electron chi connectivity index (χ4n) is 2.82. The summed E-state index contributed by atoms with van der Waals surface area (Å²) in [5.41, 5.74) is 6.25. The molecule has 0 radical (unpaired) electrons. The van der Waals surface area contributed by atoms with Gasteiger partial charge in [-0.1, -0.05) is 13.0 Å². The number of carbonyl (C=O) groups excluding carboxylic acids is 2. The van der Waals surface area contributed by atoms with Gasteiger partial charge in [-0.15, -0.1) is 24.8 Å². The monoisotopic (exact) mass is 422 g/mol. The Morgan fingerprint density at radius 2 is 1.70 bits per heavy atom. The number of nitrogens with zero attached hydrogens (tertiary/aromatic N) is 2. The molecule has 27 heavy (non-hydrogen) atoms. The smallest absolute Gasteiger partial charge is 0.241 e. The van der Waals surface area contributed by atoms with Crippen LogP contribution in [-0.4, -0.2) is 59.9 Å². The molecule has 1 aliphatic rings. The van der Waals surface area contributed by atoms with E-state index < -0.39 is 0 Å².